The molecule has 5 nitrogen and oxygen atoms in total. The highest BCUT2D eigenvalue weighted by Crippen LogP contribution is 2.28. The number of nitrogens with zero attached hydrogens (tertiary/aromatic N) is 1. The average molecular weight is 319 g/mol. The Bertz CT molecular complexity index is 680. The fourth-order valence-electron chi connectivity index (χ4n) is 1.48. The molecule has 0 saturated heterocycles. The summed E-state index contributed by atoms with van der Waals surface area (Å²) in [6.45, 7) is 1.50. The minimum Gasteiger partial charge on any atom is -0.392 e. The molecule has 2 aromatic rings. The van der Waals surface area contributed by atoms with Gasteiger partial charge in [-0.25, -0.2) is 13.4 Å². The molecule has 1 aromatic heterocycles. The first-order valence-electron chi connectivity index (χ1n) is 5.28. The molecule has 0 aliphatic rings. The lowest BCUT2D eigenvalue weighted by molar-refractivity contribution is 0.282. The van der Waals surface area contributed by atoms with Crippen molar-refractivity contribution in [3.63, 3.8) is 0 Å². The Morgan fingerprint density at radius 2 is 2.00 bits per heavy atom. The SMILES string of the molecule is Cc1nc(Cl)sc1S(=O)(=O)Nc1ccc(CO)cc1. The zero-order valence-electron chi connectivity index (χ0n) is 9.92. The minimum absolute atomic E-state index is 0.0867. The quantitative estimate of drug-likeness (QED) is 0.907. The molecule has 0 unspecified atom stereocenters. The van der Waals surface area contributed by atoms with Gasteiger partial charge < -0.3 is 5.11 Å². The maximum absolute atomic E-state index is 12.1. The van der Waals surface area contributed by atoms with Gasteiger partial charge in [-0.15, -0.1) is 0 Å². The number of benzene rings is 1. The van der Waals surface area contributed by atoms with E-state index in [9.17, 15) is 8.42 Å². The van der Waals surface area contributed by atoms with Crippen LogP contribution in [0.1, 0.15) is 11.3 Å². The maximum Gasteiger partial charge on any atom is 0.273 e. The molecule has 1 heterocycles. The number of nitrogens with one attached hydrogen (secondary N) is 1. The van der Waals surface area contributed by atoms with Crippen molar-refractivity contribution >= 4 is 38.6 Å². The Hall–Kier alpha value is -1.15. The standard InChI is InChI=1S/C11H11ClN2O3S2/c1-7-10(18-11(12)13-7)19(16,17)14-9-4-2-8(6-15)3-5-9/h2-5,14-15H,6H2,1H3. The summed E-state index contributed by atoms with van der Waals surface area (Å²) < 4.78 is 27.0. The highest BCUT2D eigenvalue weighted by molar-refractivity contribution is 7.94. The van der Waals surface area contributed by atoms with E-state index >= 15 is 0 Å². The van der Waals surface area contributed by atoms with E-state index < -0.39 is 10.0 Å². The highest BCUT2D eigenvalue weighted by Gasteiger charge is 2.21. The predicted octanol–water partition coefficient (Wildman–Crippen LogP) is 2.40. The second-order valence-electron chi connectivity index (χ2n) is 3.80. The number of rotatable bonds is 4. The molecule has 0 amide bonds. The zero-order valence-corrected chi connectivity index (χ0v) is 12.3. The van der Waals surface area contributed by atoms with Gasteiger partial charge in [0.1, 0.15) is 0 Å². The number of aliphatic hydroxyl groups excluding tert-OH is 1. The van der Waals surface area contributed by atoms with Crippen molar-refractivity contribution in [2.75, 3.05) is 4.72 Å². The Morgan fingerprint density at radius 1 is 1.37 bits per heavy atom. The van der Waals surface area contributed by atoms with Gasteiger partial charge in [-0.2, -0.15) is 0 Å². The summed E-state index contributed by atoms with van der Waals surface area (Å²) in [6.07, 6.45) is 0. The second kappa shape index (κ2) is 5.46. The van der Waals surface area contributed by atoms with Crippen LogP contribution in [0, 0.1) is 6.92 Å². The number of aromatic nitrogens is 1. The van der Waals surface area contributed by atoms with Crippen LogP contribution in [0.3, 0.4) is 0 Å². The van der Waals surface area contributed by atoms with Gasteiger partial charge in [0, 0.05) is 5.69 Å². The summed E-state index contributed by atoms with van der Waals surface area (Å²) in [6, 6.07) is 6.46. The Balaban J connectivity index is 2.28. The van der Waals surface area contributed by atoms with E-state index in [0.717, 1.165) is 11.3 Å². The van der Waals surface area contributed by atoms with Crippen LogP contribution in [-0.2, 0) is 16.6 Å². The topological polar surface area (TPSA) is 79.3 Å². The molecular formula is C11H11ClN2O3S2. The summed E-state index contributed by atoms with van der Waals surface area (Å²) >= 11 is 6.61. The fraction of sp³-hybridized carbons (Fsp3) is 0.182. The number of aryl methyl sites for hydroxylation is 1. The van der Waals surface area contributed by atoms with Gasteiger partial charge in [-0.1, -0.05) is 35.1 Å². The molecule has 0 fully saturated rings. The number of sulfonamides is 1. The molecule has 0 radical (unpaired) electrons. The number of hydrogen-bond acceptors (Lipinski definition) is 5. The summed E-state index contributed by atoms with van der Waals surface area (Å²) in [7, 11) is -3.68. The summed E-state index contributed by atoms with van der Waals surface area (Å²) in [4.78, 5) is 3.88. The van der Waals surface area contributed by atoms with Gasteiger partial charge in [0.05, 0.1) is 12.3 Å². The number of thiazole rings is 1. The smallest absolute Gasteiger partial charge is 0.273 e. The molecule has 2 rings (SSSR count). The third kappa shape index (κ3) is 3.24. The molecule has 19 heavy (non-hydrogen) atoms. The molecule has 102 valence electrons. The van der Waals surface area contributed by atoms with Crippen LogP contribution >= 0.6 is 22.9 Å². The number of aliphatic hydroxyl groups is 1. The van der Waals surface area contributed by atoms with Crippen molar-refractivity contribution in [2.24, 2.45) is 0 Å². The molecule has 0 aliphatic heterocycles. The normalized spacial score (nSPS) is 11.5. The molecule has 0 spiro atoms. The Morgan fingerprint density at radius 3 is 2.47 bits per heavy atom. The van der Waals surface area contributed by atoms with Crippen LogP contribution < -0.4 is 4.72 Å². The predicted molar refractivity (Wildman–Crippen MR) is 75.0 cm³/mol. The summed E-state index contributed by atoms with van der Waals surface area (Å²) in [5, 5.41) is 8.92. The van der Waals surface area contributed by atoms with Gasteiger partial charge in [0.25, 0.3) is 10.0 Å². The lowest BCUT2D eigenvalue weighted by Gasteiger charge is -2.07. The van der Waals surface area contributed by atoms with Crippen LogP contribution in [0.15, 0.2) is 28.5 Å². The second-order valence-corrected chi connectivity index (χ2v) is 7.26. The molecule has 0 bridgehead atoms. The molecule has 8 heteroatoms. The monoisotopic (exact) mass is 318 g/mol. The van der Waals surface area contributed by atoms with Gasteiger partial charge in [0.2, 0.25) is 0 Å². The molecule has 2 N–H and O–H groups in total. The fourth-order valence-corrected chi connectivity index (χ4v) is 4.28. The van der Waals surface area contributed by atoms with Crippen molar-refractivity contribution in [1.29, 1.82) is 0 Å². The van der Waals surface area contributed by atoms with E-state index in [4.69, 9.17) is 16.7 Å². The van der Waals surface area contributed by atoms with Crippen LogP contribution in [0.4, 0.5) is 5.69 Å². The van der Waals surface area contributed by atoms with Crippen molar-refractivity contribution in [2.45, 2.75) is 17.7 Å². The number of halogens is 1. The van der Waals surface area contributed by atoms with E-state index in [1.54, 1.807) is 31.2 Å². The highest BCUT2D eigenvalue weighted by atomic mass is 35.5. The largest absolute Gasteiger partial charge is 0.392 e. The van der Waals surface area contributed by atoms with Gasteiger partial charge in [-0.3, -0.25) is 4.72 Å². The van der Waals surface area contributed by atoms with E-state index in [-0.39, 0.29) is 15.3 Å². The van der Waals surface area contributed by atoms with Crippen LogP contribution in [0.5, 0.6) is 0 Å². The van der Waals surface area contributed by atoms with Crippen LogP contribution in [0.25, 0.3) is 0 Å². The van der Waals surface area contributed by atoms with Gasteiger partial charge in [-0.05, 0) is 24.6 Å². The van der Waals surface area contributed by atoms with E-state index in [0.29, 0.717) is 16.9 Å². The zero-order chi connectivity index (χ0) is 14.0. The number of hydrogen-bond donors (Lipinski definition) is 2. The first-order chi connectivity index (χ1) is 8.92. The van der Waals surface area contributed by atoms with Crippen LogP contribution in [-0.4, -0.2) is 18.5 Å². The van der Waals surface area contributed by atoms with Crippen molar-refractivity contribution in [1.82, 2.24) is 4.98 Å². The van der Waals surface area contributed by atoms with Crippen LogP contribution in [0.2, 0.25) is 4.47 Å². The number of anilines is 1. The lowest BCUT2D eigenvalue weighted by atomic mass is 10.2. The minimum atomic E-state index is -3.68. The summed E-state index contributed by atoms with van der Waals surface area (Å²) in [5.41, 5.74) is 1.50. The van der Waals surface area contributed by atoms with E-state index in [1.807, 2.05) is 0 Å². The Labute approximate surface area is 119 Å². The molecule has 0 saturated carbocycles. The van der Waals surface area contributed by atoms with Gasteiger partial charge >= 0.3 is 0 Å². The molecule has 1 aromatic carbocycles. The molecular weight excluding hydrogens is 308 g/mol. The van der Waals surface area contributed by atoms with E-state index in [1.165, 1.54) is 0 Å². The third-order valence-electron chi connectivity index (χ3n) is 2.36. The van der Waals surface area contributed by atoms with Crippen molar-refractivity contribution < 1.29 is 13.5 Å². The van der Waals surface area contributed by atoms with Crippen molar-refractivity contribution in [3.05, 3.63) is 40.0 Å². The molecule has 0 atom stereocenters. The van der Waals surface area contributed by atoms with E-state index in [2.05, 4.69) is 9.71 Å². The average Bonchev–Trinajstić information content (AvgIpc) is 2.70. The maximum atomic E-state index is 12.1. The Kier molecular flexibility index (Phi) is 4.10. The first-order valence-corrected chi connectivity index (χ1v) is 7.95. The summed E-state index contributed by atoms with van der Waals surface area (Å²) in [5.74, 6) is 0. The molecule has 0 aliphatic carbocycles. The third-order valence-corrected chi connectivity index (χ3v) is 5.61. The first kappa shape index (κ1) is 14.3. The lowest BCUT2D eigenvalue weighted by Crippen LogP contribution is -2.12. The van der Waals surface area contributed by atoms with Gasteiger partial charge in [0.15, 0.2) is 8.68 Å². The van der Waals surface area contributed by atoms with Crippen molar-refractivity contribution in [3.8, 4) is 0 Å².